The van der Waals surface area contributed by atoms with Crippen molar-refractivity contribution in [1.29, 1.82) is 5.26 Å². The maximum absolute atomic E-state index is 13.5. The van der Waals surface area contributed by atoms with Crippen LogP contribution < -0.4 is 10.2 Å². The van der Waals surface area contributed by atoms with E-state index in [1.807, 2.05) is 83.8 Å². The molecule has 1 amide bonds. The highest BCUT2D eigenvalue weighted by Gasteiger charge is 2.41. The number of aryl methyl sites for hydroxylation is 1. The second kappa shape index (κ2) is 8.45. The van der Waals surface area contributed by atoms with Crippen molar-refractivity contribution in [1.82, 2.24) is 0 Å². The topological polar surface area (TPSA) is 56.1 Å². The van der Waals surface area contributed by atoms with Crippen LogP contribution in [0.5, 0.6) is 0 Å². The van der Waals surface area contributed by atoms with Crippen LogP contribution in [-0.2, 0) is 18.4 Å². The summed E-state index contributed by atoms with van der Waals surface area (Å²) in [5.74, 6) is 0.0258. The van der Waals surface area contributed by atoms with Gasteiger partial charge in [0.15, 0.2) is 0 Å². The predicted octanol–water partition coefficient (Wildman–Crippen LogP) is 6.06. The molecule has 6 rings (SSSR count). The van der Waals surface area contributed by atoms with Gasteiger partial charge in [0.1, 0.15) is 0 Å². The lowest BCUT2D eigenvalue weighted by molar-refractivity contribution is 0.0985. The quantitative estimate of drug-likeness (QED) is 0.408. The minimum Gasteiger partial charge on any atom is -0.371 e. The molecule has 4 aromatic rings. The van der Waals surface area contributed by atoms with Gasteiger partial charge in [-0.05, 0) is 65.4 Å². The number of hydrogen-bond acceptors (Lipinski definition) is 3. The Morgan fingerprint density at radius 2 is 1.57 bits per heavy atom. The first-order valence-corrected chi connectivity index (χ1v) is 12.1. The highest BCUT2D eigenvalue weighted by molar-refractivity contribution is 6.06. The van der Waals surface area contributed by atoms with E-state index < -0.39 is 5.54 Å². The summed E-state index contributed by atoms with van der Waals surface area (Å²) in [6.45, 7) is 0.730. The zero-order chi connectivity index (χ0) is 23.8. The monoisotopic (exact) mass is 455 g/mol. The molecule has 170 valence electrons. The molecule has 0 aromatic heterocycles. The molecule has 0 saturated carbocycles. The second-order valence-electron chi connectivity index (χ2n) is 9.29. The standard InChI is InChI=1S/C31H25N3O/c32-21-25-10-1-4-12-27(25)31(20-24-9-2-5-13-28(24)33-31)26-17-15-23(16-18-26)30(35)34-19-7-11-22-8-3-6-14-29(22)34/h1-6,8-10,12-18,33H,7,11,19-20H2. The molecule has 0 fully saturated rings. The van der Waals surface area contributed by atoms with Crippen molar-refractivity contribution in [2.24, 2.45) is 0 Å². The zero-order valence-corrected chi connectivity index (χ0v) is 19.4. The number of hydrogen-bond donors (Lipinski definition) is 1. The maximum Gasteiger partial charge on any atom is 0.258 e. The molecule has 2 aliphatic rings. The molecule has 4 aromatic carbocycles. The molecule has 0 saturated heterocycles. The third-order valence-electron chi connectivity index (χ3n) is 7.31. The van der Waals surface area contributed by atoms with Gasteiger partial charge in [-0.15, -0.1) is 0 Å². The SMILES string of the molecule is N#Cc1ccccc1C1(c2ccc(C(=O)N3CCCc4ccccc43)cc2)Cc2ccccc2N1. The van der Waals surface area contributed by atoms with Crippen molar-refractivity contribution >= 4 is 17.3 Å². The number of anilines is 2. The third kappa shape index (κ3) is 3.48. The van der Waals surface area contributed by atoms with Gasteiger partial charge in [-0.1, -0.05) is 66.7 Å². The Kier molecular flexibility index (Phi) is 5.12. The number of fused-ring (bicyclic) bond motifs is 2. The average molecular weight is 456 g/mol. The Balaban J connectivity index is 1.40. The van der Waals surface area contributed by atoms with Gasteiger partial charge in [-0.25, -0.2) is 0 Å². The molecule has 0 spiro atoms. The van der Waals surface area contributed by atoms with E-state index >= 15 is 0 Å². The van der Waals surface area contributed by atoms with Gasteiger partial charge in [0, 0.05) is 29.9 Å². The first kappa shape index (κ1) is 21.2. The molecule has 1 atom stereocenters. The molecule has 0 aliphatic carbocycles. The van der Waals surface area contributed by atoms with Crippen molar-refractivity contribution in [3.05, 3.63) is 130 Å². The molecule has 2 aliphatic heterocycles. The normalized spacial score (nSPS) is 18.2. The van der Waals surface area contributed by atoms with Gasteiger partial charge in [0.05, 0.1) is 17.2 Å². The number of amides is 1. The highest BCUT2D eigenvalue weighted by Crippen LogP contribution is 2.45. The first-order valence-electron chi connectivity index (χ1n) is 12.1. The molecule has 0 radical (unpaired) electrons. The number of benzene rings is 4. The fraction of sp³-hybridized carbons (Fsp3) is 0.161. The summed E-state index contributed by atoms with van der Waals surface area (Å²) in [6, 6.07) is 34.5. The van der Waals surface area contributed by atoms with E-state index in [0.717, 1.165) is 48.3 Å². The van der Waals surface area contributed by atoms with Crippen molar-refractivity contribution < 1.29 is 4.79 Å². The highest BCUT2D eigenvalue weighted by atomic mass is 16.2. The van der Waals surface area contributed by atoms with Crippen LogP contribution in [0.25, 0.3) is 0 Å². The van der Waals surface area contributed by atoms with Crippen LogP contribution in [0.3, 0.4) is 0 Å². The largest absolute Gasteiger partial charge is 0.371 e. The first-order chi connectivity index (χ1) is 17.2. The summed E-state index contributed by atoms with van der Waals surface area (Å²) < 4.78 is 0. The molecule has 2 heterocycles. The molecular weight excluding hydrogens is 430 g/mol. The zero-order valence-electron chi connectivity index (χ0n) is 19.4. The summed E-state index contributed by atoms with van der Waals surface area (Å²) in [6.07, 6.45) is 2.71. The Labute approximate surface area is 205 Å². The number of nitriles is 1. The minimum atomic E-state index is -0.574. The van der Waals surface area contributed by atoms with E-state index in [-0.39, 0.29) is 5.91 Å². The van der Waals surface area contributed by atoms with Crippen molar-refractivity contribution in [3.63, 3.8) is 0 Å². The van der Waals surface area contributed by atoms with Gasteiger partial charge in [-0.3, -0.25) is 4.79 Å². The van der Waals surface area contributed by atoms with E-state index in [4.69, 9.17) is 0 Å². The third-order valence-corrected chi connectivity index (χ3v) is 7.31. The lowest BCUT2D eigenvalue weighted by atomic mass is 9.78. The summed E-state index contributed by atoms with van der Waals surface area (Å²) >= 11 is 0. The number of nitrogens with one attached hydrogen (secondary N) is 1. The van der Waals surface area contributed by atoms with Crippen LogP contribution >= 0.6 is 0 Å². The minimum absolute atomic E-state index is 0.0258. The van der Waals surface area contributed by atoms with Crippen LogP contribution in [0.4, 0.5) is 11.4 Å². The number of rotatable bonds is 3. The van der Waals surface area contributed by atoms with Crippen LogP contribution in [0.2, 0.25) is 0 Å². The maximum atomic E-state index is 13.5. The molecule has 1 unspecified atom stereocenters. The number of carbonyl (C=O) groups excluding carboxylic acids is 1. The van der Waals surface area contributed by atoms with Gasteiger partial charge in [0.2, 0.25) is 0 Å². The lowest BCUT2D eigenvalue weighted by Gasteiger charge is -2.33. The molecule has 4 nitrogen and oxygen atoms in total. The average Bonchev–Trinajstić information content (AvgIpc) is 3.33. The Hall–Kier alpha value is -4.36. The fourth-order valence-electron chi connectivity index (χ4n) is 5.60. The summed E-state index contributed by atoms with van der Waals surface area (Å²) in [5, 5.41) is 13.6. The molecule has 1 N–H and O–H groups in total. The van der Waals surface area contributed by atoms with E-state index in [9.17, 15) is 10.1 Å². The number of nitrogens with zero attached hydrogens (tertiary/aromatic N) is 2. The predicted molar refractivity (Wildman–Crippen MR) is 139 cm³/mol. The van der Waals surface area contributed by atoms with Gasteiger partial charge >= 0.3 is 0 Å². The van der Waals surface area contributed by atoms with Crippen LogP contribution in [-0.4, -0.2) is 12.5 Å². The number of carbonyl (C=O) groups is 1. The summed E-state index contributed by atoms with van der Waals surface area (Å²) in [4.78, 5) is 15.4. The van der Waals surface area contributed by atoms with E-state index in [1.165, 1.54) is 11.1 Å². The van der Waals surface area contributed by atoms with Crippen LogP contribution in [0.15, 0.2) is 97.1 Å². The van der Waals surface area contributed by atoms with E-state index in [1.54, 1.807) is 0 Å². The van der Waals surface area contributed by atoms with Gasteiger partial charge in [0.25, 0.3) is 5.91 Å². The molecular formula is C31H25N3O. The van der Waals surface area contributed by atoms with E-state index in [0.29, 0.717) is 11.1 Å². The summed E-state index contributed by atoms with van der Waals surface area (Å²) in [5.41, 5.74) is 7.26. The lowest BCUT2D eigenvalue weighted by Crippen LogP contribution is -2.36. The van der Waals surface area contributed by atoms with Gasteiger partial charge in [-0.2, -0.15) is 5.26 Å². The molecule has 0 bridgehead atoms. The Morgan fingerprint density at radius 3 is 2.37 bits per heavy atom. The fourth-order valence-corrected chi connectivity index (χ4v) is 5.60. The molecule has 4 heteroatoms. The Bertz CT molecular complexity index is 1440. The second-order valence-corrected chi connectivity index (χ2v) is 9.29. The van der Waals surface area contributed by atoms with E-state index in [2.05, 4.69) is 29.6 Å². The molecule has 35 heavy (non-hydrogen) atoms. The smallest absolute Gasteiger partial charge is 0.258 e. The summed E-state index contributed by atoms with van der Waals surface area (Å²) in [7, 11) is 0. The Morgan fingerprint density at radius 1 is 0.857 bits per heavy atom. The van der Waals surface area contributed by atoms with Gasteiger partial charge < -0.3 is 10.2 Å². The van der Waals surface area contributed by atoms with Crippen molar-refractivity contribution in [3.8, 4) is 6.07 Å². The number of para-hydroxylation sites is 2. The van der Waals surface area contributed by atoms with Crippen molar-refractivity contribution in [2.45, 2.75) is 24.8 Å². The van der Waals surface area contributed by atoms with Crippen molar-refractivity contribution in [2.75, 3.05) is 16.8 Å². The van der Waals surface area contributed by atoms with Crippen LogP contribution in [0, 0.1) is 11.3 Å². The van der Waals surface area contributed by atoms with Crippen LogP contribution in [0.1, 0.15) is 44.6 Å².